The van der Waals surface area contributed by atoms with Crippen molar-refractivity contribution < 1.29 is 23.5 Å². The van der Waals surface area contributed by atoms with Crippen LogP contribution in [0.3, 0.4) is 0 Å². The lowest BCUT2D eigenvalue weighted by Gasteiger charge is -2.43. The van der Waals surface area contributed by atoms with Gasteiger partial charge in [0.2, 0.25) is 11.8 Å². The number of carbonyl (C=O) groups excluding carboxylic acids is 2. The van der Waals surface area contributed by atoms with Crippen molar-refractivity contribution in [3.8, 4) is 11.5 Å². The Kier molecular flexibility index (Phi) is 9.99. The van der Waals surface area contributed by atoms with Crippen LogP contribution in [0.2, 0.25) is 0 Å². The first-order chi connectivity index (χ1) is 20.0. The van der Waals surface area contributed by atoms with E-state index in [2.05, 4.69) is 15.5 Å². The molecule has 0 aromatic heterocycles. The van der Waals surface area contributed by atoms with Gasteiger partial charge in [-0.05, 0) is 92.2 Å². The van der Waals surface area contributed by atoms with Gasteiger partial charge in [-0.25, -0.2) is 4.39 Å². The zero-order valence-corrected chi connectivity index (χ0v) is 23.3. The normalized spacial score (nSPS) is 19.5. The molecule has 1 aliphatic heterocycles. The minimum atomic E-state index is -0.853. The Morgan fingerprint density at radius 3 is 2.32 bits per heavy atom. The molecule has 3 atom stereocenters. The number of halogens is 1. The lowest BCUT2D eigenvalue weighted by Crippen LogP contribution is -2.53. The topological polar surface area (TPSA) is 79.9 Å². The fraction of sp³-hybridized carbons (Fsp3) is 0.394. The maximum absolute atomic E-state index is 13.3. The number of likely N-dealkylation sites (tertiary alicyclic amines) is 1. The molecular formula is C33H38FN3O4. The number of amides is 2. The van der Waals surface area contributed by atoms with Crippen molar-refractivity contribution in [2.45, 2.75) is 57.2 Å². The van der Waals surface area contributed by atoms with Crippen LogP contribution < -0.4 is 15.4 Å². The third-order valence-corrected chi connectivity index (χ3v) is 7.92. The summed E-state index contributed by atoms with van der Waals surface area (Å²) in [6, 6.07) is 22.0. The number of piperidine rings is 1. The first-order valence-corrected chi connectivity index (χ1v) is 14.5. The molecule has 2 amide bonds. The Morgan fingerprint density at radius 2 is 1.56 bits per heavy atom. The van der Waals surface area contributed by atoms with E-state index in [4.69, 9.17) is 9.47 Å². The summed E-state index contributed by atoms with van der Waals surface area (Å²) in [6.45, 7) is 1.59. The Hall–Kier alpha value is -3.75. The molecule has 7 nitrogen and oxygen atoms in total. The Balaban J connectivity index is 1.20. The van der Waals surface area contributed by atoms with Crippen LogP contribution >= 0.6 is 0 Å². The third-order valence-electron chi connectivity index (χ3n) is 7.92. The van der Waals surface area contributed by atoms with Gasteiger partial charge in [-0.2, -0.15) is 0 Å². The molecule has 1 saturated heterocycles. The summed E-state index contributed by atoms with van der Waals surface area (Å²) in [4.78, 5) is 28.8. The number of carbonyl (C=O) groups is 2. The largest absolute Gasteiger partial charge is 0.457 e. The molecule has 216 valence electrons. The van der Waals surface area contributed by atoms with E-state index >= 15 is 0 Å². The Bertz CT molecular complexity index is 1270. The maximum atomic E-state index is 13.3. The minimum Gasteiger partial charge on any atom is -0.457 e. The summed E-state index contributed by atoms with van der Waals surface area (Å²) in [5.41, 5.74) is 1.55. The Morgan fingerprint density at radius 1 is 0.878 bits per heavy atom. The zero-order valence-electron chi connectivity index (χ0n) is 23.3. The third kappa shape index (κ3) is 8.38. The van der Waals surface area contributed by atoms with Crippen LogP contribution in [0.25, 0.3) is 0 Å². The van der Waals surface area contributed by atoms with E-state index in [-0.39, 0.29) is 24.2 Å². The van der Waals surface area contributed by atoms with Crippen LogP contribution in [-0.4, -0.2) is 48.5 Å². The van der Waals surface area contributed by atoms with Gasteiger partial charge in [-0.15, -0.1) is 0 Å². The molecule has 1 heterocycles. The summed E-state index contributed by atoms with van der Waals surface area (Å²) in [5, 5.41) is 5.83. The van der Waals surface area contributed by atoms with Crippen LogP contribution in [0.5, 0.6) is 11.5 Å². The number of anilines is 1. The number of nitrogens with one attached hydrogen (secondary N) is 2. The van der Waals surface area contributed by atoms with Crippen molar-refractivity contribution in [3.05, 3.63) is 90.2 Å². The van der Waals surface area contributed by atoms with E-state index in [0.29, 0.717) is 42.3 Å². The van der Waals surface area contributed by atoms with Crippen molar-refractivity contribution in [1.82, 2.24) is 10.2 Å². The number of benzene rings is 3. The number of nitrogens with zero attached hydrogens (tertiary/aromatic N) is 1. The smallest absolute Gasteiger partial charge is 0.249 e. The van der Waals surface area contributed by atoms with Gasteiger partial charge in [0.05, 0.1) is 19.8 Å². The highest BCUT2D eigenvalue weighted by atomic mass is 19.1. The predicted molar refractivity (Wildman–Crippen MR) is 156 cm³/mol. The average Bonchev–Trinajstić information content (AvgIpc) is 2.99. The molecule has 1 saturated carbocycles. The van der Waals surface area contributed by atoms with E-state index in [0.717, 1.165) is 24.9 Å². The van der Waals surface area contributed by atoms with Gasteiger partial charge >= 0.3 is 0 Å². The summed E-state index contributed by atoms with van der Waals surface area (Å²) in [5.74, 6) is 0.881. The monoisotopic (exact) mass is 559 g/mol. The zero-order chi connectivity index (χ0) is 28.4. The van der Waals surface area contributed by atoms with Gasteiger partial charge in [0.25, 0.3) is 0 Å². The number of ether oxygens (including phenoxy) is 2. The summed E-state index contributed by atoms with van der Waals surface area (Å²) < 4.78 is 24.8. The fourth-order valence-corrected chi connectivity index (χ4v) is 5.87. The highest BCUT2D eigenvalue weighted by Crippen LogP contribution is 2.35. The molecule has 0 radical (unpaired) electrons. The second-order valence-corrected chi connectivity index (χ2v) is 10.9. The molecule has 8 heteroatoms. The predicted octanol–water partition coefficient (Wildman–Crippen LogP) is 5.91. The van der Waals surface area contributed by atoms with Crippen LogP contribution in [0.15, 0.2) is 78.9 Å². The number of hydrogen-bond acceptors (Lipinski definition) is 5. The summed E-state index contributed by atoms with van der Waals surface area (Å²) >= 11 is 0. The van der Waals surface area contributed by atoms with Crippen LogP contribution in [0.4, 0.5) is 10.1 Å². The lowest BCUT2D eigenvalue weighted by molar-refractivity contribution is -0.129. The van der Waals surface area contributed by atoms with Gasteiger partial charge < -0.3 is 20.1 Å². The molecule has 5 rings (SSSR count). The van der Waals surface area contributed by atoms with Crippen LogP contribution in [0, 0.1) is 11.7 Å². The van der Waals surface area contributed by atoms with E-state index in [1.165, 1.54) is 37.8 Å². The first-order valence-electron chi connectivity index (χ1n) is 14.5. The summed E-state index contributed by atoms with van der Waals surface area (Å²) in [7, 11) is 0. The SMILES string of the molecule is O=C(CN1CCCC2CCCCC21)N[C@@H](COCc1ccccc1)C(=O)Nc1ccc(Oc2ccc(F)cc2)cc1. The van der Waals surface area contributed by atoms with Gasteiger partial charge in [-0.1, -0.05) is 43.2 Å². The highest BCUT2D eigenvalue weighted by molar-refractivity contribution is 5.97. The van der Waals surface area contributed by atoms with Crippen LogP contribution in [-0.2, 0) is 20.9 Å². The van der Waals surface area contributed by atoms with Gasteiger partial charge in [0.15, 0.2) is 0 Å². The second kappa shape index (κ2) is 14.2. The molecule has 1 aliphatic carbocycles. The lowest BCUT2D eigenvalue weighted by atomic mass is 9.78. The quantitative estimate of drug-likeness (QED) is 0.305. The molecule has 2 fully saturated rings. The Labute approximate surface area is 241 Å². The van der Waals surface area contributed by atoms with Crippen molar-refractivity contribution in [1.29, 1.82) is 0 Å². The first kappa shape index (κ1) is 28.8. The van der Waals surface area contributed by atoms with Crippen molar-refractivity contribution in [3.63, 3.8) is 0 Å². The molecule has 3 aromatic carbocycles. The fourth-order valence-electron chi connectivity index (χ4n) is 5.87. The second-order valence-electron chi connectivity index (χ2n) is 10.9. The number of fused-ring (bicyclic) bond motifs is 1. The van der Waals surface area contributed by atoms with Crippen molar-refractivity contribution in [2.75, 3.05) is 25.0 Å². The van der Waals surface area contributed by atoms with E-state index in [1.54, 1.807) is 36.4 Å². The van der Waals surface area contributed by atoms with Gasteiger partial charge in [0, 0.05) is 11.7 Å². The van der Waals surface area contributed by atoms with Crippen molar-refractivity contribution in [2.24, 2.45) is 5.92 Å². The van der Waals surface area contributed by atoms with Gasteiger partial charge in [-0.3, -0.25) is 14.5 Å². The highest BCUT2D eigenvalue weighted by Gasteiger charge is 2.34. The van der Waals surface area contributed by atoms with E-state index < -0.39 is 6.04 Å². The molecule has 2 aliphatic rings. The molecule has 0 spiro atoms. The molecule has 3 aromatic rings. The van der Waals surface area contributed by atoms with Crippen molar-refractivity contribution >= 4 is 17.5 Å². The van der Waals surface area contributed by atoms with E-state index in [9.17, 15) is 14.0 Å². The molecule has 2 unspecified atom stereocenters. The molecule has 41 heavy (non-hydrogen) atoms. The number of hydrogen-bond donors (Lipinski definition) is 2. The number of rotatable bonds is 11. The molecule has 0 bridgehead atoms. The van der Waals surface area contributed by atoms with E-state index in [1.807, 2.05) is 30.3 Å². The average molecular weight is 560 g/mol. The van der Waals surface area contributed by atoms with Crippen LogP contribution in [0.1, 0.15) is 44.1 Å². The molecule has 2 N–H and O–H groups in total. The minimum absolute atomic E-state index is 0.0459. The molecular weight excluding hydrogens is 521 g/mol. The standard InChI is InChI=1S/C33H38FN3O4/c34-26-12-16-28(17-13-26)41-29-18-14-27(15-19-29)35-33(39)30(23-40-22-24-7-2-1-3-8-24)36-32(38)21-37-20-6-10-25-9-4-5-11-31(25)37/h1-3,7-8,12-19,25,30-31H,4-6,9-11,20-23H2,(H,35,39)(H,36,38)/t25?,30-,31?/m0/s1. The maximum Gasteiger partial charge on any atom is 0.249 e. The summed E-state index contributed by atoms with van der Waals surface area (Å²) in [6.07, 6.45) is 7.24. The van der Waals surface area contributed by atoms with Gasteiger partial charge in [0.1, 0.15) is 23.4 Å².